The molecular formula is C14H22ClN3OS. The van der Waals surface area contributed by atoms with Crippen LogP contribution >= 0.6 is 23.4 Å². The van der Waals surface area contributed by atoms with Gasteiger partial charge in [-0.05, 0) is 51.5 Å². The summed E-state index contributed by atoms with van der Waals surface area (Å²) in [5.74, 6) is 0.534. The molecule has 0 aliphatic carbocycles. The van der Waals surface area contributed by atoms with Gasteiger partial charge < -0.3 is 11.1 Å². The number of nitrogens with two attached hydrogens (primary N) is 1. The van der Waals surface area contributed by atoms with Gasteiger partial charge in [0.15, 0.2) is 0 Å². The number of carbonyl (C=O) groups is 1. The minimum absolute atomic E-state index is 0.213. The van der Waals surface area contributed by atoms with E-state index in [4.69, 9.17) is 17.3 Å². The van der Waals surface area contributed by atoms with E-state index >= 15 is 0 Å². The summed E-state index contributed by atoms with van der Waals surface area (Å²) in [6, 6.07) is 3.85. The Kier molecular flexibility index (Phi) is 6.79. The fraction of sp³-hybridized carbons (Fsp3) is 0.571. The molecule has 4 nitrogen and oxygen atoms in total. The molecule has 20 heavy (non-hydrogen) atoms. The number of pyridine rings is 1. The van der Waals surface area contributed by atoms with Gasteiger partial charge in [-0.2, -0.15) is 0 Å². The van der Waals surface area contributed by atoms with Crippen molar-refractivity contribution in [1.29, 1.82) is 0 Å². The number of hydrogen-bond donors (Lipinski definition) is 2. The molecule has 0 aliphatic heterocycles. The molecule has 0 radical (unpaired) electrons. The summed E-state index contributed by atoms with van der Waals surface area (Å²) >= 11 is 7.64. The van der Waals surface area contributed by atoms with Crippen LogP contribution < -0.4 is 11.1 Å². The van der Waals surface area contributed by atoms with E-state index in [2.05, 4.69) is 10.3 Å². The van der Waals surface area contributed by atoms with Gasteiger partial charge in [0.1, 0.15) is 5.03 Å². The lowest BCUT2D eigenvalue weighted by Crippen LogP contribution is -2.55. The van der Waals surface area contributed by atoms with E-state index in [-0.39, 0.29) is 11.9 Å². The number of aromatic nitrogens is 1. The van der Waals surface area contributed by atoms with Gasteiger partial charge in [-0.1, -0.05) is 11.6 Å². The molecule has 1 aromatic heterocycles. The van der Waals surface area contributed by atoms with E-state index in [1.54, 1.807) is 18.0 Å². The standard InChI is InChI=1S/C14H22ClN3OS/c1-10(2)18-14(3,13(16)19)7-5-9-20-12-11(15)6-4-8-17-12/h4,6,8,10,18H,5,7,9H2,1-3H3,(H2,16,19). The van der Waals surface area contributed by atoms with Crippen LogP contribution in [0, 0.1) is 0 Å². The zero-order valence-corrected chi connectivity index (χ0v) is 13.7. The molecule has 1 aromatic rings. The molecule has 1 amide bonds. The predicted molar refractivity (Wildman–Crippen MR) is 85.1 cm³/mol. The smallest absolute Gasteiger partial charge is 0.237 e. The molecule has 1 unspecified atom stereocenters. The molecule has 0 saturated carbocycles. The van der Waals surface area contributed by atoms with Crippen molar-refractivity contribution in [3.05, 3.63) is 23.4 Å². The maximum Gasteiger partial charge on any atom is 0.237 e. The summed E-state index contributed by atoms with van der Waals surface area (Å²) in [7, 11) is 0. The molecule has 0 aliphatic rings. The number of nitrogens with one attached hydrogen (secondary N) is 1. The monoisotopic (exact) mass is 315 g/mol. The Hall–Kier alpha value is -0.780. The Morgan fingerprint density at radius 1 is 1.60 bits per heavy atom. The molecular weight excluding hydrogens is 294 g/mol. The average molecular weight is 316 g/mol. The first-order valence-corrected chi connectivity index (χ1v) is 8.02. The van der Waals surface area contributed by atoms with Crippen molar-refractivity contribution in [2.24, 2.45) is 5.73 Å². The van der Waals surface area contributed by atoms with E-state index in [0.717, 1.165) is 17.2 Å². The van der Waals surface area contributed by atoms with Crippen LogP contribution in [0.1, 0.15) is 33.6 Å². The molecule has 1 rings (SSSR count). The Labute approximate surface area is 129 Å². The van der Waals surface area contributed by atoms with Gasteiger partial charge in [-0.3, -0.25) is 4.79 Å². The number of halogens is 1. The Morgan fingerprint density at radius 2 is 2.30 bits per heavy atom. The van der Waals surface area contributed by atoms with Gasteiger partial charge >= 0.3 is 0 Å². The molecule has 0 bridgehead atoms. The highest BCUT2D eigenvalue weighted by Gasteiger charge is 2.30. The summed E-state index contributed by atoms with van der Waals surface area (Å²) in [6.07, 6.45) is 3.27. The third-order valence-electron chi connectivity index (χ3n) is 2.94. The second kappa shape index (κ2) is 7.86. The third kappa shape index (κ3) is 5.31. The summed E-state index contributed by atoms with van der Waals surface area (Å²) in [6.45, 7) is 5.86. The fourth-order valence-corrected chi connectivity index (χ4v) is 3.08. The molecule has 1 heterocycles. The summed E-state index contributed by atoms with van der Waals surface area (Å²) in [4.78, 5) is 15.8. The van der Waals surface area contributed by atoms with Crippen LogP contribution in [0.4, 0.5) is 0 Å². The molecule has 0 spiro atoms. The zero-order valence-electron chi connectivity index (χ0n) is 12.1. The Balaban J connectivity index is 2.46. The highest BCUT2D eigenvalue weighted by atomic mass is 35.5. The lowest BCUT2D eigenvalue weighted by atomic mass is 9.94. The highest BCUT2D eigenvalue weighted by Crippen LogP contribution is 2.26. The maximum absolute atomic E-state index is 11.6. The van der Waals surface area contributed by atoms with Crippen molar-refractivity contribution in [1.82, 2.24) is 10.3 Å². The van der Waals surface area contributed by atoms with E-state index in [9.17, 15) is 4.79 Å². The SMILES string of the molecule is CC(C)NC(C)(CCCSc1ncccc1Cl)C(N)=O. The minimum atomic E-state index is -0.664. The number of amides is 1. The van der Waals surface area contributed by atoms with Crippen molar-refractivity contribution in [3.8, 4) is 0 Å². The molecule has 0 aromatic carbocycles. The lowest BCUT2D eigenvalue weighted by molar-refractivity contribution is -0.124. The van der Waals surface area contributed by atoms with Crippen molar-refractivity contribution in [2.75, 3.05) is 5.75 Å². The lowest BCUT2D eigenvalue weighted by Gasteiger charge is -2.29. The van der Waals surface area contributed by atoms with Gasteiger partial charge in [0.25, 0.3) is 0 Å². The van der Waals surface area contributed by atoms with Crippen molar-refractivity contribution in [2.45, 2.75) is 50.2 Å². The minimum Gasteiger partial charge on any atom is -0.368 e. The van der Waals surface area contributed by atoms with Crippen LogP contribution in [-0.4, -0.2) is 28.2 Å². The first kappa shape index (κ1) is 17.3. The average Bonchev–Trinajstić information content (AvgIpc) is 2.35. The van der Waals surface area contributed by atoms with Crippen LogP contribution in [0.2, 0.25) is 5.02 Å². The molecule has 0 saturated heterocycles. The molecule has 3 N–H and O–H groups in total. The number of nitrogens with zero attached hydrogens (tertiary/aromatic N) is 1. The fourth-order valence-electron chi connectivity index (χ4n) is 1.98. The van der Waals surface area contributed by atoms with Gasteiger partial charge in [0.05, 0.1) is 10.6 Å². The molecule has 1 atom stereocenters. The Morgan fingerprint density at radius 3 is 2.85 bits per heavy atom. The number of rotatable bonds is 8. The quantitative estimate of drug-likeness (QED) is 0.572. The topological polar surface area (TPSA) is 68.0 Å². The summed E-state index contributed by atoms with van der Waals surface area (Å²) in [5, 5.41) is 4.73. The normalized spacial score (nSPS) is 14.2. The second-order valence-corrected chi connectivity index (χ2v) is 6.73. The van der Waals surface area contributed by atoms with Crippen LogP contribution in [0.15, 0.2) is 23.4 Å². The summed E-state index contributed by atoms with van der Waals surface area (Å²) in [5.41, 5.74) is 4.83. The van der Waals surface area contributed by atoms with E-state index in [0.29, 0.717) is 11.4 Å². The summed E-state index contributed by atoms with van der Waals surface area (Å²) < 4.78 is 0. The van der Waals surface area contributed by atoms with Crippen LogP contribution in [0.25, 0.3) is 0 Å². The number of primary amides is 1. The molecule has 0 fully saturated rings. The van der Waals surface area contributed by atoms with E-state index in [1.807, 2.05) is 32.9 Å². The van der Waals surface area contributed by atoms with Crippen LogP contribution in [0.3, 0.4) is 0 Å². The van der Waals surface area contributed by atoms with Gasteiger partial charge in [0.2, 0.25) is 5.91 Å². The maximum atomic E-state index is 11.6. The van der Waals surface area contributed by atoms with Crippen molar-refractivity contribution >= 4 is 29.3 Å². The van der Waals surface area contributed by atoms with Crippen LogP contribution in [-0.2, 0) is 4.79 Å². The van der Waals surface area contributed by atoms with Gasteiger partial charge in [-0.25, -0.2) is 4.98 Å². The third-order valence-corrected chi connectivity index (χ3v) is 4.44. The number of carbonyl (C=O) groups excluding carboxylic acids is 1. The predicted octanol–water partition coefficient (Wildman–Crippen LogP) is 2.85. The number of hydrogen-bond acceptors (Lipinski definition) is 4. The van der Waals surface area contributed by atoms with Crippen molar-refractivity contribution in [3.63, 3.8) is 0 Å². The zero-order chi connectivity index (χ0) is 15.2. The second-order valence-electron chi connectivity index (χ2n) is 5.24. The van der Waals surface area contributed by atoms with E-state index < -0.39 is 5.54 Å². The van der Waals surface area contributed by atoms with Crippen LogP contribution in [0.5, 0.6) is 0 Å². The highest BCUT2D eigenvalue weighted by molar-refractivity contribution is 7.99. The first-order valence-electron chi connectivity index (χ1n) is 6.66. The number of thioether (sulfide) groups is 1. The van der Waals surface area contributed by atoms with E-state index in [1.165, 1.54) is 0 Å². The molecule has 112 valence electrons. The molecule has 6 heteroatoms. The van der Waals surface area contributed by atoms with Gasteiger partial charge in [-0.15, -0.1) is 11.8 Å². The first-order chi connectivity index (χ1) is 9.35. The van der Waals surface area contributed by atoms with Gasteiger partial charge in [0, 0.05) is 12.2 Å². The van der Waals surface area contributed by atoms with Crippen molar-refractivity contribution < 1.29 is 4.79 Å². The Bertz CT molecular complexity index is 456. The largest absolute Gasteiger partial charge is 0.368 e.